The van der Waals surface area contributed by atoms with Crippen molar-refractivity contribution in [2.45, 2.75) is 20.3 Å². The van der Waals surface area contributed by atoms with E-state index < -0.39 is 0 Å². The average molecular weight is 201 g/mol. The second-order valence-corrected chi connectivity index (χ2v) is 4.09. The minimum Gasteiger partial charge on any atom is -0.358 e. The molecule has 1 aromatic heterocycles. The molecule has 1 N–H and O–H groups in total. The molecule has 0 amide bonds. The summed E-state index contributed by atoms with van der Waals surface area (Å²) in [5.74, 6) is 0.0860. The minimum atomic E-state index is 0.0860. The minimum absolute atomic E-state index is 0.0860. The molecule has 78 valence electrons. The summed E-state index contributed by atoms with van der Waals surface area (Å²) in [5.41, 5.74) is 3.60. The Balaban J connectivity index is 2.49. The van der Waals surface area contributed by atoms with Gasteiger partial charge in [-0.15, -0.1) is 0 Å². The molecule has 0 saturated heterocycles. The van der Waals surface area contributed by atoms with Gasteiger partial charge >= 0.3 is 0 Å². The van der Waals surface area contributed by atoms with Crippen molar-refractivity contribution in [3.05, 3.63) is 35.5 Å². The Bertz CT molecular complexity index is 484. The third kappa shape index (κ3) is 1.80. The van der Waals surface area contributed by atoms with E-state index in [-0.39, 0.29) is 5.92 Å². The standard InChI is InChI=1S/C13H15NO/c1-9(8-15)7-12-10(2)14-13-6-4-3-5-11(12)13/h3-6,8-9,14H,7H2,1-2H3. The average Bonchev–Trinajstić information content (AvgIpc) is 2.55. The number of nitrogens with one attached hydrogen (secondary N) is 1. The Labute approximate surface area is 89.3 Å². The summed E-state index contributed by atoms with van der Waals surface area (Å²) in [6.45, 7) is 4.01. The van der Waals surface area contributed by atoms with Crippen molar-refractivity contribution in [3.8, 4) is 0 Å². The molecule has 0 fully saturated rings. The summed E-state index contributed by atoms with van der Waals surface area (Å²) in [7, 11) is 0. The van der Waals surface area contributed by atoms with Crippen LogP contribution in [0.3, 0.4) is 0 Å². The number of H-pyrrole nitrogens is 1. The smallest absolute Gasteiger partial charge is 0.123 e. The number of benzene rings is 1. The summed E-state index contributed by atoms with van der Waals surface area (Å²) in [4.78, 5) is 14.0. The molecule has 1 unspecified atom stereocenters. The molecule has 0 aliphatic heterocycles. The van der Waals surface area contributed by atoms with Crippen LogP contribution in [-0.4, -0.2) is 11.3 Å². The van der Waals surface area contributed by atoms with E-state index >= 15 is 0 Å². The fraction of sp³-hybridized carbons (Fsp3) is 0.308. The summed E-state index contributed by atoms with van der Waals surface area (Å²) in [5, 5.41) is 1.24. The van der Waals surface area contributed by atoms with E-state index in [0.29, 0.717) is 0 Å². The zero-order chi connectivity index (χ0) is 10.8. The number of aldehydes is 1. The Hall–Kier alpha value is -1.57. The first-order valence-electron chi connectivity index (χ1n) is 5.24. The molecule has 1 heterocycles. The SMILES string of the molecule is Cc1[nH]c2ccccc2c1CC(C)C=O. The van der Waals surface area contributed by atoms with Gasteiger partial charge in [0.15, 0.2) is 0 Å². The van der Waals surface area contributed by atoms with E-state index in [1.54, 1.807) is 0 Å². The highest BCUT2D eigenvalue weighted by Crippen LogP contribution is 2.23. The molecule has 15 heavy (non-hydrogen) atoms. The van der Waals surface area contributed by atoms with E-state index in [1.807, 2.05) is 19.1 Å². The van der Waals surface area contributed by atoms with Gasteiger partial charge in [-0.25, -0.2) is 0 Å². The van der Waals surface area contributed by atoms with E-state index in [1.165, 1.54) is 16.6 Å². The molecule has 2 aromatic rings. The number of fused-ring (bicyclic) bond motifs is 1. The zero-order valence-electron chi connectivity index (χ0n) is 9.08. The van der Waals surface area contributed by atoms with Crippen molar-refractivity contribution >= 4 is 17.2 Å². The highest BCUT2D eigenvalue weighted by atomic mass is 16.1. The quantitative estimate of drug-likeness (QED) is 0.761. The molecule has 2 rings (SSSR count). The van der Waals surface area contributed by atoms with Crippen LogP contribution < -0.4 is 0 Å². The van der Waals surface area contributed by atoms with Crippen LogP contribution in [0.5, 0.6) is 0 Å². The van der Waals surface area contributed by atoms with Gasteiger partial charge in [0.25, 0.3) is 0 Å². The number of para-hydroxylation sites is 1. The van der Waals surface area contributed by atoms with Crippen molar-refractivity contribution in [1.82, 2.24) is 4.98 Å². The number of carbonyl (C=O) groups excluding carboxylic acids is 1. The predicted molar refractivity (Wildman–Crippen MR) is 62.0 cm³/mol. The Kier molecular flexibility index (Phi) is 2.58. The van der Waals surface area contributed by atoms with Gasteiger partial charge in [0, 0.05) is 22.5 Å². The molecule has 2 heteroatoms. The first-order valence-corrected chi connectivity index (χ1v) is 5.24. The molecule has 0 aliphatic rings. The Morgan fingerprint density at radius 3 is 2.87 bits per heavy atom. The first-order chi connectivity index (χ1) is 7.22. The Morgan fingerprint density at radius 2 is 2.13 bits per heavy atom. The van der Waals surface area contributed by atoms with E-state index in [2.05, 4.69) is 24.0 Å². The van der Waals surface area contributed by atoms with Gasteiger partial charge in [-0.2, -0.15) is 0 Å². The molecule has 0 radical (unpaired) electrons. The maximum Gasteiger partial charge on any atom is 0.123 e. The fourth-order valence-electron chi connectivity index (χ4n) is 1.97. The summed E-state index contributed by atoms with van der Waals surface area (Å²) >= 11 is 0. The molecule has 0 aliphatic carbocycles. The third-order valence-electron chi connectivity index (χ3n) is 2.79. The second-order valence-electron chi connectivity index (χ2n) is 4.09. The number of carbonyl (C=O) groups is 1. The first kappa shape index (κ1) is 9.97. The number of aromatic nitrogens is 1. The second kappa shape index (κ2) is 3.89. The van der Waals surface area contributed by atoms with Crippen molar-refractivity contribution in [1.29, 1.82) is 0 Å². The van der Waals surface area contributed by atoms with Gasteiger partial charge in [-0.05, 0) is 25.0 Å². The van der Waals surface area contributed by atoms with E-state index in [0.717, 1.165) is 18.2 Å². The van der Waals surface area contributed by atoms with Crippen molar-refractivity contribution < 1.29 is 4.79 Å². The topological polar surface area (TPSA) is 32.9 Å². The lowest BCUT2D eigenvalue weighted by Crippen LogP contribution is -2.01. The molecule has 0 spiro atoms. The van der Waals surface area contributed by atoms with Crippen LogP contribution in [0.4, 0.5) is 0 Å². The molecule has 1 atom stereocenters. The van der Waals surface area contributed by atoms with Crippen LogP contribution >= 0.6 is 0 Å². The van der Waals surface area contributed by atoms with Crippen LogP contribution in [0.25, 0.3) is 10.9 Å². The van der Waals surface area contributed by atoms with Crippen LogP contribution in [-0.2, 0) is 11.2 Å². The van der Waals surface area contributed by atoms with Gasteiger partial charge in [0.1, 0.15) is 6.29 Å². The third-order valence-corrected chi connectivity index (χ3v) is 2.79. The fourth-order valence-corrected chi connectivity index (χ4v) is 1.97. The van der Waals surface area contributed by atoms with Gasteiger partial charge in [0.05, 0.1) is 0 Å². The Morgan fingerprint density at radius 1 is 1.40 bits per heavy atom. The zero-order valence-corrected chi connectivity index (χ0v) is 9.08. The molecule has 1 aromatic carbocycles. The van der Waals surface area contributed by atoms with Crippen molar-refractivity contribution in [3.63, 3.8) is 0 Å². The maximum atomic E-state index is 10.7. The molecule has 0 bridgehead atoms. The normalized spacial score (nSPS) is 12.9. The highest BCUT2D eigenvalue weighted by Gasteiger charge is 2.10. The van der Waals surface area contributed by atoms with Gasteiger partial charge < -0.3 is 9.78 Å². The van der Waals surface area contributed by atoms with Crippen molar-refractivity contribution in [2.24, 2.45) is 5.92 Å². The van der Waals surface area contributed by atoms with Gasteiger partial charge in [-0.3, -0.25) is 0 Å². The predicted octanol–water partition coefficient (Wildman–Crippen LogP) is 2.85. The number of rotatable bonds is 3. The van der Waals surface area contributed by atoms with Crippen LogP contribution in [0, 0.1) is 12.8 Å². The molecular formula is C13H15NO. The number of aromatic amines is 1. The van der Waals surface area contributed by atoms with Crippen LogP contribution in [0.1, 0.15) is 18.2 Å². The van der Waals surface area contributed by atoms with Gasteiger partial charge in [-0.1, -0.05) is 25.1 Å². The molecule has 0 saturated carbocycles. The lowest BCUT2D eigenvalue weighted by molar-refractivity contribution is -0.110. The van der Waals surface area contributed by atoms with Crippen molar-refractivity contribution in [2.75, 3.05) is 0 Å². The largest absolute Gasteiger partial charge is 0.358 e. The summed E-state index contributed by atoms with van der Waals surface area (Å²) in [6.07, 6.45) is 1.83. The van der Waals surface area contributed by atoms with E-state index in [4.69, 9.17) is 0 Å². The maximum absolute atomic E-state index is 10.7. The highest BCUT2D eigenvalue weighted by molar-refractivity contribution is 5.84. The lowest BCUT2D eigenvalue weighted by Gasteiger charge is -2.03. The number of hydrogen-bond acceptors (Lipinski definition) is 1. The van der Waals surface area contributed by atoms with Crippen LogP contribution in [0.15, 0.2) is 24.3 Å². The summed E-state index contributed by atoms with van der Waals surface area (Å²) < 4.78 is 0. The van der Waals surface area contributed by atoms with E-state index in [9.17, 15) is 4.79 Å². The van der Waals surface area contributed by atoms with Gasteiger partial charge in [0.2, 0.25) is 0 Å². The monoisotopic (exact) mass is 201 g/mol. The van der Waals surface area contributed by atoms with Crippen LogP contribution in [0.2, 0.25) is 0 Å². The number of aryl methyl sites for hydroxylation is 1. The lowest BCUT2D eigenvalue weighted by atomic mass is 10.00. The molecule has 2 nitrogen and oxygen atoms in total. The number of hydrogen-bond donors (Lipinski definition) is 1. The summed E-state index contributed by atoms with van der Waals surface area (Å²) in [6, 6.07) is 8.22. The molecular weight excluding hydrogens is 186 g/mol.